The molecular weight excluding hydrogens is 252 g/mol. The lowest BCUT2D eigenvalue weighted by molar-refractivity contribution is -0.120. The number of amides is 1. The molecule has 0 heterocycles. The third-order valence-electron chi connectivity index (χ3n) is 3.70. The van der Waals surface area contributed by atoms with E-state index in [0.717, 1.165) is 31.2 Å². The highest BCUT2D eigenvalue weighted by Gasteiger charge is 2.18. The first-order chi connectivity index (χ1) is 9.74. The SMILES string of the molecule is NC1CCC(OCCNC(=O)Cc2ccccc2)CC1. The second kappa shape index (κ2) is 8.02. The molecule has 0 aromatic heterocycles. The molecule has 0 aliphatic heterocycles. The van der Waals surface area contributed by atoms with Gasteiger partial charge in [-0.25, -0.2) is 0 Å². The Hall–Kier alpha value is -1.39. The summed E-state index contributed by atoms with van der Waals surface area (Å²) >= 11 is 0. The lowest BCUT2D eigenvalue weighted by Gasteiger charge is -2.26. The van der Waals surface area contributed by atoms with E-state index in [4.69, 9.17) is 10.5 Å². The van der Waals surface area contributed by atoms with Crippen molar-refractivity contribution in [2.45, 2.75) is 44.2 Å². The van der Waals surface area contributed by atoms with Gasteiger partial charge in [-0.2, -0.15) is 0 Å². The van der Waals surface area contributed by atoms with E-state index in [-0.39, 0.29) is 5.91 Å². The number of rotatable bonds is 6. The van der Waals surface area contributed by atoms with Crippen molar-refractivity contribution in [3.63, 3.8) is 0 Å². The number of hydrogen-bond donors (Lipinski definition) is 2. The van der Waals surface area contributed by atoms with Gasteiger partial charge in [0.1, 0.15) is 0 Å². The average molecular weight is 276 g/mol. The van der Waals surface area contributed by atoms with Crippen LogP contribution in [-0.4, -0.2) is 31.2 Å². The van der Waals surface area contributed by atoms with Crippen molar-refractivity contribution in [3.8, 4) is 0 Å². The Labute approximate surface area is 120 Å². The van der Waals surface area contributed by atoms with Crippen LogP contribution in [0.25, 0.3) is 0 Å². The van der Waals surface area contributed by atoms with Gasteiger partial charge in [-0.05, 0) is 31.2 Å². The van der Waals surface area contributed by atoms with Crippen LogP contribution in [0.1, 0.15) is 31.2 Å². The number of carbonyl (C=O) groups is 1. The van der Waals surface area contributed by atoms with Gasteiger partial charge in [-0.1, -0.05) is 30.3 Å². The van der Waals surface area contributed by atoms with E-state index >= 15 is 0 Å². The second-order valence-corrected chi connectivity index (χ2v) is 5.42. The molecule has 0 spiro atoms. The van der Waals surface area contributed by atoms with Crippen LogP contribution in [0.4, 0.5) is 0 Å². The van der Waals surface area contributed by atoms with E-state index in [1.165, 1.54) is 0 Å². The van der Waals surface area contributed by atoms with Crippen molar-refractivity contribution in [3.05, 3.63) is 35.9 Å². The van der Waals surface area contributed by atoms with Crippen LogP contribution >= 0.6 is 0 Å². The first-order valence-corrected chi connectivity index (χ1v) is 7.42. The van der Waals surface area contributed by atoms with E-state index in [9.17, 15) is 4.79 Å². The van der Waals surface area contributed by atoms with Gasteiger partial charge < -0.3 is 15.8 Å². The molecule has 1 saturated carbocycles. The third-order valence-corrected chi connectivity index (χ3v) is 3.70. The number of ether oxygens (including phenoxy) is 1. The van der Waals surface area contributed by atoms with Crippen LogP contribution in [0.5, 0.6) is 0 Å². The van der Waals surface area contributed by atoms with Crippen molar-refractivity contribution in [2.24, 2.45) is 5.73 Å². The Kier molecular flexibility index (Phi) is 6.02. The zero-order chi connectivity index (χ0) is 14.2. The Morgan fingerprint density at radius 1 is 1.20 bits per heavy atom. The third kappa shape index (κ3) is 5.31. The van der Waals surface area contributed by atoms with Gasteiger partial charge in [0.25, 0.3) is 0 Å². The maximum absolute atomic E-state index is 11.7. The van der Waals surface area contributed by atoms with Gasteiger partial charge in [-0.15, -0.1) is 0 Å². The molecule has 1 aromatic carbocycles. The largest absolute Gasteiger partial charge is 0.376 e. The zero-order valence-electron chi connectivity index (χ0n) is 11.9. The fourth-order valence-electron chi connectivity index (χ4n) is 2.52. The van der Waals surface area contributed by atoms with Crippen molar-refractivity contribution in [2.75, 3.05) is 13.2 Å². The molecule has 4 nitrogen and oxygen atoms in total. The van der Waals surface area contributed by atoms with Gasteiger partial charge in [-0.3, -0.25) is 4.79 Å². The van der Waals surface area contributed by atoms with Crippen molar-refractivity contribution >= 4 is 5.91 Å². The molecule has 0 saturated heterocycles. The van der Waals surface area contributed by atoms with Crippen LogP contribution in [-0.2, 0) is 16.0 Å². The molecule has 3 N–H and O–H groups in total. The smallest absolute Gasteiger partial charge is 0.224 e. The monoisotopic (exact) mass is 276 g/mol. The number of carbonyl (C=O) groups excluding carboxylic acids is 1. The summed E-state index contributed by atoms with van der Waals surface area (Å²) < 4.78 is 5.76. The molecule has 1 aromatic rings. The summed E-state index contributed by atoms with van der Waals surface area (Å²) in [6.45, 7) is 1.16. The Morgan fingerprint density at radius 2 is 1.90 bits per heavy atom. The molecule has 0 atom stereocenters. The Morgan fingerprint density at radius 3 is 2.60 bits per heavy atom. The van der Waals surface area contributed by atoms with Gasteiger partial charge in [0.05, 0.1) is 19.1 Å². The molecule has 1 amide bonds. The van der Waals surface area contributed by atoms with Gasteiger partial charge in [0.2, 0.25) is 5.91 Å². The minimum atomic E-state index is 0.0467. The highest BCUT2D eigenvalue weighted by atomic mass is 16.5. The highest BCUT2D eigenvalue weighted by Crippen LogP contribution is 2.19. The van der Waals surface area contributed by atoms with Crippen LogP contribution < -0.4 is 11.1 Å². The van der Waals surface area contributed by atoms with Crippen LogP contribution in [0.15, 0.2) is 30.3 Å². The predicted octanol–water partition coefficient (Wildman–Crippen LogP) is 1.63. The lowest BCUT2D eigenvalue weighted by atomic mass is 9.94. The summed E-state index contributed by atoms with van der Waals surface area (Å²) in [6, 6.07) is 10.1. The van der Waals surface area contributed by atoms with Gasteiger partial charge >= 0.3 is 0 Å². The number of benzene rings is 1. The fraction of sp³-hybridized carbons (Fsp3) is 0.562. The predicted molar refractivity (Wildman–Crippen MR) is 79.3 cm³/mol. The average Bonchev–Trinajstić information content (AvgIpc) is 2.46. The highest BCUT2D eigenvalue weighted by molar-refractivity contribution is 5.78. The quantitative estimate of drug-likeness (QED) is 0.776. The Bertz CT molecular complexity index is 400. The molecule has 0 radical (unpaired) electrons. The molecule has 1 aliphatic carbocycles. The molecule has 4 heteroatoms. The van der Waals surface area contributed by atoms with Crippen LogP contribution in [0.2, 0.25) is 0 Å². The first kappa shape index (κ1) is 15.0. The zero-order valence-corrected chi connectivity index (χ0v) is 11.9. The standard InChI is InChI=1S/C16H24N2O2/c17-14-6-8-15(9-7-14)20-11-10-18-16(19)12-13-4-2-1-3-5-13/h1-5,14-15H,6-12,17H2,(H,18,19). The van der Waals surface area contributed by atoms with E-state index in [1.54, 1.807) is 0 Å². The fourth-order valence-corrected chi connectivity index (χ4v) is 2.52. The molecule has 1 fully saturated rings. The molecule has 0 unspecified atom stereocenters. The van der Waals surface area contributed by atoms with Crippen LogP contribution in [0.3, 0.4) is 0 Å². The van der Waals surface area contributed by atoms with E-state index in [1.807, 2.05) is 30.3 Å². The summed E-state index contributed by atoms with van der Waals surface area (Å²) in [5, 5.41) is 2.89. The molecule has 110 valence electrons. The topological polar surface area (TPSA) is 64.3 Å². The molecule has 1 aliphatic rings. The minimum Gasteiger partial charge on any atom is -0.376 e. The summed E-state index contributed by atoms with van der Waals surface area (Å²) in [6.07, 6.45) is 4.92. The van der Waals surface area contributed by atoms with E-state index in [2.05, 4.69) is 5.32 Å². The van der Waals surface area contributed by atoms with E-state index in [0.29, 0.717) is 31.7 Å². The normalized spacial score (nSPS) is 22.4. The molecular formula is C16H24N2O2. The van der Waals surface area contributed by atoms with Crippen LogP contribution in [0, 0.1) is 0 Å². The maximum Gasteiger partial charge on any atom is 0.224 e. The van der Waals surface area contributed by atoms with Crippen molar-refractivity contribution < 1.29 is 9.53 Å². The molecule has 0 bridgehead atoms. The Balaban J connectivity index is 1.56. The summed E-state index contributed by atoms with van der Waals surface area (Å²) in [7, 11) is 0. The summed E-state index contributed by atoms with van der Waals surface area (Å²) in [5.41, 5.74) is 6.89. The maximum atomic E-state index is 11.7. The number of nitrogens with one attached hydrogen (secondary N) is 1. The number of nitrogens with two attached hydrogens (primary N) is 1. The summed E-state index contributed by atoms with van der Waals surface area (Å²) in [4.78, 5) is 11.7. The lowest BCUT2D eigenvalue weighted by Crippen LogP contribution is -2.33. The van der Waals surface area contributed by atoms with Crippen molar-refractivity contribution in [1.82, 2.24) is 5.32 Å². The van der Waals surface area contributed by atoms with Crippen molar-refractivity contribution in [1.29, 1.82) is 0 Å². The van der Waals surface area contributed by atoms with Gasteiger partial charge in [0, 0.05) is 12.6 Å². The molecule has 2 rings (SSSR count). The van der Waals surface area contributed by atoms with Gasteiger partial charge in [0.15, 0.2) is 0 Å². The van der Waals surface area contributed by atoms with E-state index < -0.39 is 0 Å². The number of hydrogen-bond acceptors (Lipinski definition) is 3. The molecule has 20 heavy (non-hydrogen) atoms. The summed E-state index contributed by atoms with van der Waals surface area (Å²) in [5.74, 6) is 0.0467. The first-order valence-electron chi connectivity index (χ1n) is 7.42. The minimum absolute atomic E-state index is 0.0467. The second-order valence-electron chi connectivity index (χ2n) is 5.42.